The highest BCUT2D eigenvalue weighted by molar-refractivity contribution is 5.69. The second-order valence-corrected chi connectivity index (χ2v) is 8.59. The second-order valence-electron chi connectivity index (χ2n) is 8.59. The minimum absolute atomic E-state index is 0.00337. The van der Waals surface area contributed by atoms with Crippen LogP contribution < -0.4 is 4.90 Å². The molecule has 1 saturated heterocycles. The van der Waals surface area contributed by atoms with E-state index in [1.165, 1.54) is 19.3 Å². The molecule has 2 aliphatic heterocycles. The summed E-state index contributed by atoms with van der Waals surface area (Å²) in [6.07, 6.45) is 6.62. The fourth-order valence-electron chi connectivity index (χ4n) is 5.15. The van der Waals surface area contributed by atoms with E-state index in [1.807, 2.05) is 13.8 Å². The number of hydrogen-bond acceptors (Lipinski definition) is 6. The standard InChI is InChI=1S/C23H32N4O3/c1-3-30-23(28)27-11-10-26(14-16(27)2)22-19(13-24)18-9-12-29-15-20(18)21(25-22)17-7-5-4-6-8-17/h16-17H,3-12,14-15H2,1-2H3/t16-/m1/s1. The first-order valence-corrected chi connectivity index (χ1v) is 11.4. The van der Waals surface area contributed by atoms with Gasteiger partial charge < -0.3 is 19.3 Å². The molecule has 162 valence electrons. The Morgan fingerprint density at radius 1 is 1.27 bits per heavy atom. The van der Waals surface area contributed by atoms with Crippen molar-refractivity contribution >= 4 is 11.9 Å². The monoisotopic (exact) mass is 412 g/mol. The summed E-state index contributed by atoms with van der Waals surface area (Å²) in [5.74, 6) is 1.26. The number of hydrogen-bond donors (Lipinski definition) is 0. The van der Waals surface area contributed by atoms with Gasteiger partial charge in [0.1, 0.15) is 11.9 Å². The Hall–Kier alpha value is -2.33. The molecule has 1 aromatic heterocycles. The van der Waals surface area contributed by atoms with Gasteiger partial charge in [-0.05, 0) is 38.7 Å². The van der Waals surface area contributed by atoms with Gasteiger partial charge in [-0.25, -0.2) is 9.78 Å². The maximum atomic E-state index is 12.2. The van der Waals surface area contributed by atoms with Crippen molar-refractivity contribution in [3.8, 4) is 6.07 Å². The molecular formula is C23H32N4O3. The van der Waals surface area contributed by atoms with Crippen molar-refractivity contribution in [2.75, 3.05) is 37.7 Å². The molecule has 0 N–H and O–H groups in total. The van der Waals surface area contributed by atoms with Crippen LogP contribution in [0.3, 0.4) is 0 Å². The van der Waals surface area contributed by atoms with E-state index in [0.717, 1.165) is 41.9 Å². The number of nitrogens with zero attached hydrogens (tertiary/aromatic N) is 4. The van der Waals surface area contributed by atoms with E-state index in [9.17, 15) is 10.1 Å². The van der Waals surface area contributed by atoms with Crippen LogP contribution in [0.4, 0.5) is 10.6 Å². The molecule has 0 unspecified atom stereocenters. The molecule has 3 heterocycles. The van der Waals surface area contributed by atoms with Gasteiger partial charge >= 0.3 is 6.09 Å². The van der Waals surface area contributed by atoms with Crippen molar-refractivity contribution < 1.29 is 14.3 Å². The summed E-state index contributed by atoms with van der Waals surface area (Å²) in [4.78, 5) is 21.3. The number of carbonyl (C=O) groups is 1. The second kappa shape index (κ2) is 9.22. The summed E-state index contributed by atoms with van der Waals surface area (Å²) in [5.41, 5.74) is 4.14. The summed E-state index contributed by atoms with van der Waals surface area (Å²) in [7, 11) is 0. The number of aromatic nitrogens is 1. The maximum Gasteiger partial charge on any atom is 0.410 e. The number of fused-ring (bicyclic) bond motifs is 1. The zero-order valence-electron chi connectivity index (χ0n) is 18.2. The van der Waals surface area contributed by atoms with Crippen molar-refractivity contribution in [1.82, 2.24) is 9.88 Å². The number of carbonyl (C=O) groups excluding carboxylic acids is 1. The average Bonchev–Trinajstić information content (AvgIpc) is 2.78. The fraction of sp³-hybridized carbons (Fsp3) is 0.696. The van der Waals surface area contributed by atoms with Gasteiger partial charge in [0.05, 0.1) is 31.1 Å². The molecule has 3 aliphatic rings. The summed E-state index contributed by atoms with van der Waals surface area (Å²) in [6.45, 7) is 7.34. The van der Waals surface area contributed by atoms with Crippen LogP contribution >= 0.6 is 0 Å². The van der Waals surface area contributed by atoms with E-state index in [0.29, 0.717) is 50.9 Å². The number of rotatable bonds is 3. The first kappa shape index (κ1) is 20.9. The molecule has 30 heavy (non-hydrogen) atoms. The van der Waals surface area contributed by atoms with Crippen LogP contribution in [-0.4, -0.2) is 54.9 Å². The van der Waals surface area contributed by atoms with Gasteiger partial charge in [0.15, 0.2) is 0 Å². The Bertz CT molecular complexity index is 829. The molecule has 7 heteroatoms. The molecular weight excluding hydrogens is 380 g/mol. The lowest BCUT2D eigenvalue weighted by molar-refractivity contribution is 0.0889. The van der Waals surface area contributed by atoms with Gasteiger partial charge in [-0.15, -0.1) is 0 Å². The Morgan fingerprint density at radius 3 is 2.77 bits per heavy atom. The molecule has 1 saturated carbocycles. The predicted molar refractivity (Wildman–Crippen MR) is 114 cm³/mol. The van der Waals surface area contributed by atoms with Crippen LogP contribution in [0, 0.1) is 11.3 Å². The SMILES string of the molecule is CCOC(=O)N1CCN(c2nc(C3CCCCC3)c3c(c2C#N)CCOC3)C[C@H]1C. The first-order chi connectivity index (χ1) is 14.6. The van der Waals surface area contributed by atoms with Crippen LogP contribution in [0.15, 0.2) is 0 Å². The highest BCUT2D eigenvalue weighted by Gasteiger charge is 2.33. The number of pyridine rings is 1. The molecule has 1 aliphatic carbocycles. The van der Waals surface area contributed by atoms with Gasteiger partial charge in [0.2, 0.25) is 0 Å². The molecule has 7 nitrogen and oxygen atoms in total. The summed E-state index contributed by atoms with van der Waals surface area (Å²) < 4.78 is 11.0. The highest BCUT2D eigenvalue weighted by atomic mass is 16.6. The van der Waals surface area contributed by atoms with Crippen molar-refractivity contribution in [2.24, 2.45) is 0 Å². The van der Waals surface area contributed by atoms with Crippen LogP contribution in [0.25, 0.3) is 0 Å². The smallest absolute Gasteiger partial charge is 0.410 e. The highest BCUT2D eigenvalue weighted by Crippen LogP contribution is 2.39. The minimum atomic E-state index is -0.261. The third-order valence-corrected chi connectivity index (χ3v) is 6.70. The molecule has 0 aromatic carbocycles. The predicted octanol–water partition coefficient (Wildman–Crippen LogP) is 3.74. The van der Waals surface area contributed by atoms with E-state index in [2.05, 4.69) is 11.0 Å². The summed E-state index contributed by atoms with van der Waals surface area (Å²) >= 11 is 0. The lowest BCUT2D eigenvalue weighted by Gasteiger charge is -2.40. The Balaban J connectivity index is 1.67. The van der Waals surface area contributed by atoms with Crippen molar-refractivity contribution in [3.63, 3.8) is 0 Å². The lowest BCUT2D eigenvalue weighted by atomic mass is 9.82. The quantitative estimate of drug-likeness (QED) is 0.752. The van der Waals surface area contributed by atoms with Crippen LogP contribution in [-0.2, 0) is 22.5 Å². The average molecular weight is 413 g/mol. The zero-order chi connectivity index (χ0) is 21.1. The summed E-state index contributed by atoms with van der Waals surface area (Å²) in [6, 6.07) is 2.46. The van der Waals surface area contributed by atoms with Gasteiger partial charge in [-0.2, -0.15) is 5.26 Å². The number of piperazine rings is 1. The van der Waals surface area contributed by atoms with E-state index in [1.54, 1.807) is 4.90 Å². The van der Waals surface area contributed by atoms with Crippen LogP contribution in [0.5, 0.6) is 0 Å². The topological polar surface area (TPSA) is 78.7 Å². The number of amides is 1. The third-order valence-electron chi connectivity index (χ3n) is 6.70. The molecule has 1 amide bonds. The number of anilines is 1. The van der Waals surface area contributed by atoms with E-state index in [4.69, 9.17) is 14.5 Å². The normalized spacial score (nSPS) is 22.4. The molecule has 0 radical (unpaired) electrons. The molecule has 4 rings (SSSR count). The lowest BCUT2D eigenvalue weighted by Crippen LogP contribution is -2.54. The Kier molecular flexibility index (Phi) is 6.43. The van der Waals surface area contributed by atoms with Gasteiger partial charge in [-0.3, -0.25) is 0 Å². The van der Waals surface area contributed by atoms with Crippen LogP contribution in [0.2, 0.25) is 0 Å². The van der Waals surface area contributed by atoms with E-state index < -0.39 is 0 Å². The largest absolute Gasteiger partial charge is 0.450 e. The van der Waals surface area contributed by atoms with Crippen molar-refractivity contribution in [2.45, 2.75) is 70.9 Å². The molecule has 1 atom stereocenters. The molecule has 1 aromatic rings. The van der Waals surface area contributed by atoms with Crippen LogP contribution in [0.1, 0.15) is 74.3 Å². The van der Waals surface area contributed by atoms with Crippen molar-refractivity contribution in [3.05, 3.63) is 22.4 Å². The van der Waals surface area contributed by atoms with Gasteiger partial charge in [-0.1, -0.05) is 19.3 Å². The first-order valence-electron chi connectivity index (χ1n) is 11.4. The van der Waals surface area contributed by atoms with E-state index in [-0.39, 0.29) is 12.1 Å². The third kappa shape index (κ3) is 3.98. The van der Waals surface area contributed by atoms with Crippen molar-refractivity contribution in [1.29, 1.82) is 5.26 Å². The number of ether oxygens (including phenoxy) is 2. The summed E-state index contributed by atoms with van der Waals surface area (Å²) in [5, 5.41) is 10.0. The van der Waals surface area contributed by atoms with Gasteiger partial charge in [0, 0.05) is 37.2 Å². The minimum Gasteiger partial charge on any atom is -0.450 e. The molecule has 0 spiro atoms. The Labute approximate surface area is 179 Å². The number of nitriles is 1. The zero-order valence-corrected chi connectivity index (χ0v) is 18.2. The Morgan fingerprint density at radius 2 is 2.07 bits per heavy atom. The van der Waals surface area contributed by atoms with E-state index >= 15 is 0 Å². The maximum absolute atomic E-state index is 12.2. The molecule has 0 bridgehead atoms. The van der Waals surface area contributed by atoms with Gasteiger partial charge in [0.25, 0.3) is 0 Å². The molecule has 2 fully saturated rings. The fourth-order valence-corrected chi connectivity index (χ4v) is 5.15.